The topological polar surface area (TPSA) is 120 Å². The Morgan fingerprint density at radius 3 is 2.31 bits per heavy atom. The number of carboxylic acids is 1. The summed E-state index contributed by atoms with van der Waals surface area (Å²) in [4.78, 5) is 37.8. The molecule has 3 rings (SSSR count). The lowest BCUT2D eigenvalue weighted by Gasteiger charge is -2.15. The number of alkyl halides is 3. The lowest BCUT2D eigenvalue weighted by atomic mass is 10.1. The molecule has 1 aliphatic rings. The minimum Gasteiger partial charge on any atom is -0.475 e. The third-order valence-corrected chi connectivity index (χ3v) is 4.21. The van der Waals surface area contributed by atoms with Gasteiger partial charge in [-0.2, -0.15) is 13.2 Å². The Kier molecular flexibility index (Phi) is 8.73. The maximum absolute atomic E-state index is 12.5. The van der Waals surface area contributed by atoms with E-state index in [1.54, 1.807) is 36.4 Å². The van der Waals surface area contributed by atoms with Crippen molar-refractivity contribution < 1.29 is 32.7 Å². The Balaban J connectivity index is 0.000000451. The number of benzene rings is 1. The first-order chi connectivity index (χ1) is 15.1. The summed E-state index contributed by atoms with van der Waals surface area (Å²) in [7, 11) is 0. The maximum Gasteiger partial charge on any atom is 0.490 e. The zero-order chi connectivity index (χ0) is 23.7. The van der Waals surface area contributed by atoms with E-state index in [2.05, 4.69) is 20.9 Å². The van der Waals surface area contributed by atoms with Gasteiger partial charge in [-0.15, -0.1) is 0 Å². The molecule has 0 fully saturated rings. The Hall–Kier alpha value is -3.44. The lowest BCUT2D eigenvalue weighted by molar-refractivity contribution is -0.192. The van der Waals surface area contributed by atoms with Crippen LogP contribution in [0.5, 0.6) is 0 Å². The fraction of sp³-hybridized carbons (Fsp3) is 0.200. The van der Waals surface area contributed by atoms with Crippen LogP contribution in [0.15, 0.2) is 54.2 Å². The number of nitrogens with one attached hydrogen (secondary N) is 3. The van der Waals surface area contributed by atoms with E-state index in [1.165, 1.54) is 6.20 Å². The fourth-order valence-electron chi connectivity index (χ4n) is 2.45. The van der Waals surface area contributed by atoms with E-state index in [9.17, 15) is 22.8 Å². The molecule has 1 aliphatic heterocycles. The van der Waals surface area contributed by atoms with Crippen molar-refractivity contribution in [3.63, 3.8) is 0 Å². The molecule has 0 saturated heterocycles. The molecule has 8 nitrogen and oxygen atoms in total. The number of carbonyl (C=O) groups is 3. The Bertz CT molecular complexity index is 1010. The van der Waals surface area contributed by atoms with Crippen LogP contribution in [0.3, 0.4) is 0 Å². The molecule has 12 heteroatoms. The van der Waals surface area contributed by atoms with E-state index in [4.69, 9.17) is 21.5 Å². The number of carbonyl (C=O) groups excluding carboxylic acids is 2. The van der Waals surface area contributed by atoms with Gasteiger partial charge in [-0.05, 0) is 37.2 Å². The molecular weight excluding hydrogens is 453 g/mol. The first kappa shape index (κ1) is 24.8. The average Bonchev–Trinajstić information content (AvgIpc) is 2.76. The van der Waals surface area contributed by atoms with Crippen molar-refractivity contribution in [2.24, 2.45) is 0 Å². The number of nitrogens with zero attached hydrogens (tertiary/aromatic N) is 1. The number of amides is 2. The van der Waals surface area contributed by atoms with Crippen LogP contribution in [0.2, 0.25) is 5.02 Å². The lowest BCUT2D eigenvalue weighted by Crippen LogP contribution is -2.26. The van der Waals surface area contributed by atoms with Crippen molar-refractivity contribution in [3.05, 3.63) is 64.8 Å². The van der Waals surface area contributed by atoms with Gasteiger partial charge in [0, 0.05) is 18.3 Å². The molecule has 2 aromatic rings. The second-order valence-electron chi connectivity index (χ2n) is 6.30. The standard InChI is InChI=1S/C18H17ClN4O2.C2HF3O2/c19-13-5-6-16(21-11-13)23-18(25)14-3-1-2-4-15(14)22-17(24)12-7-9-20-10-8-12;3-2(4,5)1(6)7/h1-7,11,20H,8-10H2,(H,22,24)(H,21,23,25);(H,6,7). The normalized spacial score (nSPS) is 13.2. The third-order valence-electron chi connectivity index (χ3n) is 3.99. The summed E-state index contributed by atoms with van der Waals surface area (Å²) in [5.74, 6) is -2.92. The number of hydrogen-bond donors (Lipinski definition) is 4. The molecule has 0 radical (unpaired) electrons. The first-order valence-corrected chi connectivity index (χ1v) is 9.49. The summed E-state index contributed by atoms with van der Waals surface area (Å²) < 4.78 is 31.7. The minimum absolute atomic E-state index is 0.189. The number of anilines is 2. The van der Waals surface area contributed by atoms with E-state index in [0.717, 1.165) is 6.54 Å². The number of pyridine rings is 1. The molecule has 2 heterocycles. The predicted molar refractivity (Wildman–Crippen MR) is 112 cm³/mol. The second-order valence-corrected chi connectivity index (χ2v) is 6.74. The van der Waals surface area contributed by atoms with Gasteiger partial charge in [-0.25, -0.2) is 9.78 Å². The van der Waals surface area contributed by atoms with Gasteiger partial charge < -0.3 is 21.1 Å². The molecular formula is C20H18ClF3N4O4. The first-order valence-electron chi connectivity index (χ1n) is 9.11. The van der Waals surface area contributed by atoms with Crippen molar-refractivity contribution in [2.75, 3.05) is 23.7 Å². The van der Waals surface area contributed by atoms with E-state index in [0.29, 0.717) is 40.6 Å². The molecule has 170 valence electrons. The smallest absolute Gasteiger partial charge is 0.475 e. The van der Waals surface area contributed by atoms with Gasteiger partial charge in [0.25, 0.3) is 11.8 Å². The highest BCUT2D eigenvalue weighted by molar-refractivity contribution is 6.30. The maximum atomic E-state index is 12.5. The molecule has 1 aromatic carbocycles. The summed E-state index contributed by atoms with van der Waals surface area (Å²) in [6.07, 6.45) is -1.11. The number of halogens is 4. The molecule has 2 amide bonds. The van der Waals surface area contributed by atoms with Gasteiger partial charge in [0.1, 0.15) is 5.82 Å². The summed E-state index contributed by atoms with van der Waals surface area (Å²) in [5.41, 5.74) is 1.54. The van der Waals surface area contributed by atoms with Crippen molar-refractivity contribution in [1.29, 1.82) is 0 Å². The van der Waals surface area contributed by atoms with Crippen LogP contribution in [0, 0.1) is 0 Å². The number of aliphatic carboxylic acids is 1. The van der Waals surface area contributed by atoms with Gasteiger partial charge in [-0.3, -0.25) is 9.59 Å². The largest absolute Gasteiger partial charge is 0.490 e. The second kappa shape index (κ2) is 11.3. The fourth-order valence-corrected chi connectivity index (χ4v) is 2.57. The Labute approximate surface area is 185 Å². The third kappa shape index (κ3) is 7.67. The molecule has 0 spiro atoms. The average molecular weight is 471 g/mol. The van der Waals surface area contributed by atoms with Crippen molar-refractivity contribution in [1.82, 2.24) is 10.3 Å². The zero-order valence-corrected chi connectivity index (χ0v) is 17.1. The van der Waals surface area contributed by atoms with Crippen LogP contribution < -0.4 is 16.0 Å². The van der Waals surface area contributed by atoms with Crippen LogP contribution in [0.4, 0.5) is 24.7 Å². The van der Waals surface area contributed by atoms with E-state index >= 15 is 0 Å². The number of aromatic nitrogens is 1. The monoisotopic (exact) mass is 470 g/mol. The number of para-hydroxylation sites is 1. The number of rotatable bonds is 4. The predicted octanol–water partition coefficient (Wildman–Crippen LogP) is 3.48. The van der Waals surface area contributed by atoms with E-state index in [1.807, 2.05) is 6.08 Å². The molecule has 1 aromatic heterocycles. The van der Waals surface area contributed by atoms with Gasteiger partial charge in [-0.1, -0.05) is 29.8 Å². The van der Waals surface area contributed by atoms with Crippen LogP contribution in [-0.2, 0) is 9.59 Å². The van der Waals surface area contributed by atoms with Crippen LogP contribution >= 0.6 is 11.6 Å². The van der Waals surface area contributed by atoms with E-state index in [-0.39, 0.29) is 11.8 Å². The summed E-state index contributed by atoms with van der Waals surface area (Å²) in [6.45, 7) is 1.44. The number of carboxylic acid groups (broad SMARTS) is 1. The van der Waals surface area contributed by atoms with Crippen molar-refractivity contribution >= 4 is 40.9 Å². The van der Waals surface area contributed by atoms with Crippen LogP contribution in [0.25, 0.3) is 0 Å². The molecule has 0 bridgehead atoms. The van der Waals surface area contributed by atoms with E-state index < -0.39 is 12.1 Å². The zero-order valence-electron chi connectivity index (χ0n) is 16.4. The summed E-state index contributed by atoms with van der Waals surface area (Å²) in [5, 5.41) is 16.3. The van der Waals surface area contributed by atoms with Crippen molar-refractivity contribution in [3.8, 4) is 0 Å². The molecule has 32 heavy (non-hydrogen) atoms. The summed E-state index contributed by atoms with van der Waals surface area (Å²) >= 11 is 5.79. The highest BCUT2D eigenvalue weighted by Crippen LogP contribution is 2.19. The van der Waals surface area contributed by atoms with Gasteiger partial charge >= 0.3 is 12.1 Å². The minimum atomic E-state index is -5.08. The SMILES string of the molecule is O=C(Nc1ccccc1C(=O)Nc1ccc(Cl)cn1)C1=CCNCC1.O=C(O)C(F)(F)F. The molecule has 0 saturated carbocycles. The Morgan fingerprint density at radius 1 is 1.06 bits per heavy atom. The van der Waals surface area contributed by atoms with Gasteiger partial charge in [0.15, 0.2) is 0 Å². The molecule has 0 atom stereocenters. The highest BCUT2D eigenvalue weighted by Gasteiger charge is 2.38. The molecule has 0 aliphatic carbocycles. The van der Waals surface area contributed by atoms with Gasteiger partial charge in [0.05, 0.1) is 16.3 Å². The quantitative estimate of drug-likeness (QED) is 0.543. The highest BCUT2D eigenvalue weighted by atomic mass is 35.5. The van der Waals surface area contributed by atoms with Crippen molar-refractivity contribution in [2.45, 2.75) is 12.6 Å². The Morgan fingerprint density at radius 2 is 1.75 bits per heavy atom. The molecule has 4 N–H and O–H groups in total. The van der Waals surface area contributed by atoms with Gasteiger partial charge in [0.2, 0.25) is 0 Å². The van der Waals surface area contributed by atoms with Crippen LogP contribution in [0.1, 0.15) is 16.8 Å². The van der Waals surface area contributed by atoms with Crippen LogP contribution in [-0.4, -0.2) is 47.1 Å². The number of hydrogen-bond acceptors (Lipinski definition) is 5. The molecule has 0 unspecified atom stereocenters. The summed E-state index contributed by atoms with van der Waals surface area (Å²) in [6, 6.07) is 10.1.